The van der Waals surface area contributed by atoms with Crippen LogP contribution in [0.5, 0.6) is 0 Å². The fraction of sp³-hybridized carbons (Fsp3) is 0.375. The lowest BCUT2D eigenvalue weighted by Crippen LogP contribution is -2.33. The minimum Gasteiger partial charge on any atom is -0.355 e. The fourth-order valence-electron chi connectivity index (χ4n) is 2.72. The van der Waals surface area contributed by atoms with Gasteiger partial charge >= 0.3 is 0 Å². The lowest BCUT2D eigenvalue weighted by atomic mass is 10.2. The minimum atomic E-state index is 0.151. The maximum absolute atomic E-state index is 11.5. The number of benzene rings is 1. The predicted octanol–water partition coefficient (Wildman–Crippen LogP) is 2.95. The van der Waals surface area contributed by atoms with Gasteiger partial charge in [0.05, 0.1) is 5.52 Å². The Hall–Kier alpha value is -1.81. The van der Waals surface area contributed by atoms with E-state index in [1.54, 1.807) is 6.92 Å². The van der Waals surface area contributed by atoms with E-state index in [0.29, 0.717) is 0 Å². The van der Waals surface area contributed by atoms with Crippen molar-refractivity contribution in [2.24, 2.45) is 0 Å². The molecular weight excluding hydrogens is 286 g/mol. The molecule has 1 aliphatic heterocycles. The molecule has 1 aromatic heterocycles. The summed E-state index contributed by atoms with van der Waals surface area (Å²) in [5, 5.41) is 1.77. The molecule has 1 amide bonds. The normalized spacial score (nSPS) is 16.1. The van der Waals surface area contributed by atoms with Crippen LogP contribution in [0.1, 0.15) is 13.3 Å². The van der Waals surface area contributed by atoms with Gasteiger partial charge in [-0.25, -0.2) is 4.98 Å². The highest BCUT2D eigenvalue weighted by Crippen LogP contribution is 2.22. The smallest absolute Gasteiger partial charge is 0.219 e. The quantitative estimate of drug-likeness (QED) is 0.813. The van der Waals surface area contributed by atoms with Gasteiger partial charge in [0.25, 0.3) is 0 Å². The van der Waals surface area contributed by atoms with Crippen molar-refractivity contribution >= 4 is 34.2 Å². The molecule has 21 heavy (non-hydrogen) atoms. The molecule has 1 fully saturated rings. The third-order valence-electron chi connectivity index (χ3n) is 3.90. The Labute approximate surface area is 129 Å². The first-order valence-corrected chi connectivity index (χ1v) is 7.58. The van der Waals surface area contributed by atoms with Crippen molar-refractivity contribution in [2.45, 2.75) is 13.3 Å². The molecule has 1 saturated heterocycles. The second-order valence-corrected chi connectivity index (χ2v) is 5.79. The molecule has 1 aromatic carbocycles. The molecule has 110 valence electrons. The van der Waals surface area contributed by atoms with Gasteiger partial charge in [0.2, 0.25) is 5.91 Å². The fourth-order valence-corrected chi connectivity index (χ4v) is 2.90. The van der Waals surface area contributed by atoms with Crippen LogP contribution in [0.25, 0.3) is 10.9 Å². The number of nitrogens with zero attached hydrogens (tertiary/aromatic N) is 3. The van der Waals surface area contributed by atoms with E-state index in [-0.39, 0.29) is 5.91 Å². The number of rotatable bonds is 1. The van der Waals surface area contributed by atoms with Crippen molar-refractivity contribution in [3.05, 3.63) is 35.4 Å². The summed E-state index contributed by atoms with van der Waals surface area (Å²) in [4.78, 5) is 20.3. The second kappa shape index (κ2) is 5.90. The van der Waals surface area contributed by atoms with Crippen LogP contribution in [0, 0.1) is 0 Å². The number of anilines is 1. The van der Waals surface area contributed by atoms with Gasteiger partial charge in [0.15, 0.2) is 0 Å². The largest absolute Gasteiger partial charge is 0.355 e. The van der Waals surface area contributed by atoms with Gasteiger partial charge in [-0.1, -0.05) is 11.6 Å². The van der Waals surface area contributed by atoms with Crippen LogP contribution in [0.15, 0.2) is 30.3 Å². The minimum absolute atomic E-state index is 0.151. The number of hydrogen-bond acceptors (Lipinski definition) is 3. The average molecular weight is 304 g/mol. The van der Waals surface area contributed by atoms with E-state index in [1.165, 1.54) is 0 Å². The first kappa shape index (κ1) is 14.1. The number of halogens is 1. The van der Waals surface area contributed by atoms with Crippen molar-refractivity contribution in [2.75, 3.05) is 31.1 Å². The molecule has 0 N–H and O–H groups in total. The zero-order valence-electron chi connectivity index (χ0n) is 12.1. The number of fused-ring (bicyclic) bond motifs is 1. The van der Waals surface area contributed by atoms with Crippen LogP contribution >= 0.6 is 11.6 Å². The molecule has 0 spiro atoms. The molecule has 2 aromatic rings. The zero-order valence-corrected chi connectivity index (χ0v) is 12.8. The Balaban J connectivity index is 1.83. The molecule has 3 rings (SSSR count). The van der Waals surface area contributed by atoms with Crippen LogP contribution in [-0.2, 0) is 4.79 Å². The Kier molecular flexibility index (Phi) is 3.97. The van der Waals surface area contributed by atoms with Gasteiger partial charge in [-0.3, -0.25) is 4.79 Å². The van der Waals surface area contributed by atoms with Crippen LogP contribution in [-0.4, -0.2) is 42.0 Å². The summed E-state index contributed by atoms with van der Waals surface area (Å²) in [5.41, 5.74) is 0.949. The molecule has 0 saturated carbocycles. The SMILES string of the molecule is CC(=O)N1CCCN(c2ccc3cc(Cl)ccc3n2)CC1. The van der Waals surface area contributed by atoms with Gasteiger partial charge in [0, 0.05) is 43.5 Å². The molecule has 4 nitrogen and oxygen atoms in total. The van der Waals surface area contributed by atoms with E-state index in [4.69, 9.17) is 16.6 Å². The first-order valence-electron chi connectivity index (χ1n) is 7.20. The summed E-state index contributed by atoms with van der Waals surface area (Å²) < 4.78 is 0. The summed E-state index contributed by atoms with van der Waals surface area (Å²) in [6, 6.07) is 9.81. The molecule has 0 atom stereocenters. The number of pyridine rings is 1. The van der Waals surface area contributed by atoms with Crippen molar-refractivity contribution in [1.29, 1.82) is 0 Å². The lowest BCUT2D eigenvalue weighted by Gasteiger charge is -2.22. The van der Waals surface area contributed by atoms with Crippen LogP contribution in [0.3, 0.4) is 0 Å². The molecule has 0 bridgehead atoms. The number of hydrogen-bond donors (Lipinski definition) is 0. The maximum atomic E-state index is 11.5. The van der Waals surface area contributed by atoms with E-state index in [2.05, 4.69) is 11.0 Å². The van der Waals surface area contributed by atoms with Gasteiger partial charge in [0.1, 0.15) is 5.82 Å². The Morgan fingerprint density at radius 3 is 2.81 bits per heavy atom. The number of carbonyl (C=O) groups excluding carboxylic acids is 1. The summed E-state index contributed by atoms with van der Waals surface area (Å²) in [6.07, 6.45) is 0.972. The van der Waals surface area contributed by atoms with E-state index in [9.17, 15) is 4.79 Å². The summed E-state index contributed by atoms with van der Waals surface area (Å²) in [6.45, 7) is 4.97. The molecule has 1 aliphatic rings. The average Bonchev–Trinajstić information content (AvgIpc) is 2.72. The topological polar surface area (TPSA) is 36.4 Å². The zero-order chi connectivity index (χ0) is 14.8. The highest BCUT2D eigenvalue weighted by Gasteiger charge is 2.17. The molecule has 5 heteroatoms. The molecule has 0 aliphatic carbocycles. The number of carbonyl (C=O) groups is 1. The molecule has 0 unspecified atom stereocenters. The summed E-state index contributed by atoms with van der Waals surface area (Å²) in [5.74, 6) is 1.12. The van der Waals surface area contributed by atoms with Gasteiger partial charge in [-0.2, -0.15) is 0 Å². The van der Waals surface area contributed by atoms with Gasteiger partial charge in [-0.15, -0.1) is 0 Å². The van der Waals surface area contributed by atoms with E-state index in [0.717, 1.165) is 54.3 Å². The van der Waals surface area contributed by atoms with Crippen LogP contribution in [0.2, 0.25) is 5.02 Å². The van der Waals surface area contributed by atoms with Gasteiger partial charge < -0.3 is 9.80 Å². The van der Waals surface area contributed by atoms with Crippen molar-refractivity contribution in [3.8, 4) is 0 Å². The van der Waals surface area contributed by atoms with E-state index in [1.807, 2.05) is 29.2 Å². The molecular formula is C16H18ClN3O. The van der Waals surface area contributed by atoms with Crippen LogP contribution < -0.4 is 4.90 Å². The number of aromatic nitrogens is 1. The van der Waals surface area contributed by atoms with Crippen molar-refractivity contribution in [3.63, 3.8) is 0 Å². The summed E-state index contributed by atoms with van der Waals surface area (Å²) in [7, 11) is 0. The van der Waals surface area contributed by atoms with E-state index < -0.39 is 0 Å². The number of amides is 1. The molecule has 2 heterocycles. The third-order valence-corrected chi connectivity index (χ3v) is 4.14. The highest BCUT2D eigenvalue weighted by molar-refractivity contribution is 6.31. The Morgan fingerprint density at radius 1 is 1.14 bits per heavy atom. The monoisotopic (exact) mass is 303 g/mol. The van der Waals surface area contributed by atoms with Gasteiger partial charge in [-0.05, 0) is 36.8 Å². The maximum Gasteiger partial charge on any atom is 0.219 e. The third kappa shape index (κ3) is 3.10. The molecule has 0 radical (unpaired) electrons. The van der Waals surface area contributed by atoms with Crippen LogP contribution in [0.4, 0.5) is 5.82 Å². The highest BCUT2D eigenvalue weighted by atomic mass is 35.5. The second-order valence-electron chi connectivity index (χ2n) is 5.35. The predicted molar refractivity (Wildman–Crippen MR) is 85.8 cm³/mol. The Bertz CT molecular complexity index is 674. The first-order chi connectivity index (χ1) is 10.1. The Morgan fingerprint density at radius 2 is 2.00 bits per heavy atom. The van der Waals surface area contributed by atoms with E-state index >= 15 is 0 Å². The summed E-state index contributed by atoms with van der Waals surface area (Å²) >= 11 is 6.00. The van der Waals surface area contributed by atoms with Crippen molar-refractivity contribution in [1.82, 2.24) is 9.88 Å². The standard InChI is InChI=1S/C16H18ClN3O/c1-12(21)19-7-2-8-20(10-9-19)16-6-3-13-11-14(17)4-5-15(13)18-16/h3-6,11H,2,7-10H2,1H3. The lowest BCUT2D eigenvalue weighted by molar-refractivity contribution is -0.128. The van der Waals surface area contributed by atoms with Crippen molar-refractivity contribution < 1.29 is 4.79 Å².